The third-order valence-electron chi connectivity index (χ3n) is 3.98. The molecule has 0 aromatic heterocycles. The summed E-state index contributed by atoms with van der Waals surface area (Å²) in [5.41, 5.74) is -0.312. The van der Waals surface area contributed by atoms with Crippen LogP contribution in [0.5, 0.6) is 0 Å². The van der Waals surface area contributed by atoms with Crippen molar-refractivity contribution in [1.82, 2.24) is 0 Å². The summed E-state index contributed by atoms with van der Waals surface area (Å²) in [6.07, 6.45) is 6.95. The second-order valence-electron chi connectivity index (χ2n) is 5.04. The number of allylic oxidation sites excluding steroid dienone is 2. The van der Waals surface area contributed by atoms with E-state index in [0.29, 0.717) is 18.6 Å². The molecule has 1 fully saturated rings. The second kappa shape index (κ2) is 4.04. The average Bonchev–Trinajstić information content (AvgIpc) is 2.23. The fourth-order valence-corrected chi connectivity index (χ4v) is 2.98. The van der Waals surface area contributed by atoms with Crippen molar-refractivity contribution in [3.8, 4) is 0 Å². The molecular weight excluding hydrogens is 204 g/mol. The first-order valence-corrected chi connectivity index (χ1v) is 5.89. The number of hydrogen-bond donors (Lipinski definition) is 0. The summed E-state index contributed by atoms with van der Waals surface area (Å²) in [5, 5.41) is 0. The highest BCUT2D eigenvalue weighted by Gasteiger charge is 2.48. The highest BCUT2D eigenvalue weighted by Crippen LogP contribution is 2.46. The molecule has 0 bridgehead atoms. The van der Waals surface area contributed by atoms with Crippen LogP contribution in [-0.2, 0) is 14.3 Å². The summed E-state index contributed by atoms with van der Waals surface area (Å²) in [7, 11) is 0. The number of carbonyl (C=O) groups excluding carboxylic acids is 2. The Hall–Kier alpha value is -1.12. The Balaban J connectivity index is 2.22. The molecular formula is C13H18O3. The molecule has 0 aromatic rings. The van der Waals surface area contributed by atoms with Crippen molar-refractivity contribution in [1.29, 1.82) is 0 Å². The van der Waals surface area contributed by atoms with Gasteiger partial charge in [-0.25, -0.2) is 0 Å². The molecule has 16 heavy (non-hydrogen) atoms. The molecule has 2 aliphatic rings. The number of ketones is 1. The maximum atomic E-state index is 12.0. The normalized spacial score (nSPS) is 38.0. The van der Waals surface area contributed by atoms with Crippen LogP contribution in [0.1, 0.15) is 39.5 Å². The summed E-state index contributed by atoms with van der Waals surface area (Å²) < 4.78 is 5.35. The summed E-state index contributed by atoms with van der Waals surface area (Å²) in [6, 6.07) is 0. The molecule has 1 saturated carbocycles. The third kappa shape index (κ3) is 1.79. The average molecular weight is 222 g/mol. The molecule has 88 valence electrons. The van der Waals surface area contributed by atoms with Crippen LogP contribution in [-0.4, -0.2) is 17.9 Å². The second-order valence-corrected chi connectivity index (χ2v) is 5.04. The maximum absolute atomic E-state index is 12.0. The number of esters is 1. The van der Waals surface area contributed by atoms with Crippen molar-refractivity contribution in [3.05, 3.63) is 12.2 Å². The van der Waals surface area contributed by atoms with E-state index in [4.69, 9.17) is 4.74 Å². The van der Waals surface area contributed by atoms with E-state index in [2.05, 4.69) is 12.2 Å². The highest BCUT2D eigenvalue weighted by molar-refractivity contribution is 5.86. The number of fused-ring (bicyclic) bond motifs is 1. The molecule has 0 aromatic carbocycles. The Kier molecular flexibility index (Phi) is 2.87. The van der Waals surface area contributed by atoms with Crippen LogP contribution in [0.4, 0.5) is 0 Å². The van der Waals surface area contributed by atoms with Crippen molar-refractivity contribution in [2.75, 3.05) is 0 Å². The Labute approximate surface area is 95.9 Å². The van der Waals surface area contributed by atoms with Crippen LogP contribution in [0.25, 0.3) is 0 Å². The molecule has 0 saturated heterocycles. The Morgan fingerprint density at radius 2 is 2.25 bits per heavy atom. The SMILES string of the molecule is CC(=O)O[C@@H]1CCC(=O)[C@]2(C)CC=CC[C@H]12. The van der Waals surface area contributed by atoms with Crippen LogP contribution in [0.3, 0.4) is 0 Å². The molecule has 0 aliphatic heterocycles. The molecule has 0 N–H and O–H groups in total. The van der Waals surface area contributed by atoms with E-state index >= 15 is 0 Å². The Morgan fingerprint density at radius 3 is 2.94 bits per heavy atom. The van der Waals surface area contributed by atoms with Gasteiger partial charge < -0.3 is 4.74 Å². The van der Waals surface area contributed by atoms with Gasteiger partial charge in [0.25, 0.3) is 0 Å². The predicted molar refractivity (Wildman–Crippen MR) is 59.8 cm³/mol. The maximum Gasteiger partial charge on any atom is 0.302 e. The fraction of sp³-hybridized carbons (Fsp3) is 0.692. The number of ether oxygens (including phenoxy) is 1. The van der Waals surface area contributed by atoms with E-state index in [0.717, 1.165) is 12.8 Å². The highest BCUT2D eigenvalue weighted by atomic mass is 16.5. The van der Waals surface area contributed by atoms with Crippen molar-refractivity contribution in [3.63, 3.8) is 0 Å². The molecule has 2 aliphatic carbocycles. The molecule has 3 nitrogen and oxygen atoms in total. The molecule has 0 heterocycles. The lowest BCUT2D eigenvalue weighted by atomic mass is 9.60. The summed E-state index contributed by atoms with van der Waals surface area (Å²) >= 11 is 0. The minimum absolute atomic E-state index is 0.0786. The first kappa shape index (κ1) is 11.4. The smallest absolute Gasteiger partial charge is 0.302 e. The van der Waals surface area contributed by atoms with Gasteiger partial charge in [-0.1, -0.05) is 19.1 Å². The zero-order valence-corrected chi connectivity index (χ0v) is 9.86. The first-order valence-electron chi connectivity index (χ1n) is 5.89. The van der Waals surface area contributed by atoms with Crippen molar-refractivity contribution in [2.24, 2.45) is 11.3 Å². The quantitative estimate of drug-likeness (QED) is 0.505. The largest absolute Gasteiger partial charge is 0.462 e. The van der Waals surface area contributed by atoms with Crippen LogP contribution in [0.15, 0.2) is 12.2 Å². The van der Waals surface area contributed by atoms with Gasteiger partial charge in [-0.3, -0.25) is 9.59 Å². The lowest BCUT2D eigenvalue weighted by molar-refractivity contribution is -0.161. The van der Waals surface area contributed by atoms with Gasteiger partial charge in [0.2, 0.25) is 0 Å². The molecule has 0 amide bonds. The Bertz CT molecular complexity index is 345. The number of hydrogen-bond acceptors (Lipinski definition) is 3. The van der Waals surface area contributed by atoms with Gasteiger partial charge in [0.1, 0.15) is 11.9 Å². The Morgan fingerprint density at radius 1 is 1.50 bits per heavy atom. The minimum atomic E-state index is -0.312. The zero-order valence-electron chi connectivity index (χ0n) is 9.86. The molecule has 2 rings (SSSR count). The van der Waals surface area contributed by atoms with Gasteiger partial charge in [-0.05, 0) is 19.3 Å². The molecule has 3 heteroatoms. The van der Waals surface area contributed by atoms with Gasteiger partial charge in [0.15, 0.2) is 0 Å². The van der Waals surface area contributed by atoms with Crippen LogP contribution in [0, 0.1) is 11.3 Å². The van der Waals surface area contributed by atoms with Crippen molar-refractivity contribution < 1.29 is 14.3 Å². The number of Topliss-reactive ketones (excluding diaryl/α,β-unsaturated/α-hetero) is 1. The first-order chi connectivity index (χ1) is 7.54. The van der Waals surface area contributed by atoms with E-state index < -0.39 is 0 Å². The monoisotopic (exact) mass is 222 g/mol. The van der Waals surface area contributed by atoms with Gasteiger partial charge in [-0.2, -0.15) is 0 Å². The van der Waals surface area contributed by atoms with E-state index in [1.165, 1.54) is 6.92 Å². The van der Waals surface area contributed by atoms with E-state index in [-0.39, 0.29) is 23.4 Å². The third-order valence-corrected chi connectivity index (χ3v) is 3.98. The van der Waals surface area contributed by atoms with Gasteiger partial charge in [0.05, 0.1) is 0 Å². The lowest BCUT2D eigenvalue weighted by Gasteiger charge is -2.45. The molecule has 3 atom stereocenters. The van der Waals surface area contributed by atoms with Crippen molar-refractivity contribution >= 4 is 11.8 Å². The van der Waals surface area contributed by atoms with Gasteiger partial charge in [-0.15, -0.1) is 0 Å². The van der Waals surface area contributed by atoms with Gasteiger partial charge in [0, 0.05) is 24.7 Å². The van der Waals surface area contributed by atoms with Crippen molar-refractivity contribution in [2.45, 2.75) is 45.6 Å². The lowest BCUT2D eigenvalue weighted by Crippen LogP contribution is -2.48. The summed E-state index contributed by atoms with van der Waals surface area (Å²) in [5.74, 6) is 0.254. The van der Waals surface area contributed by atoms with E-state index in [9.17, 15) is 9.59 Å². The topological polar surface area (TPSA) is 43.4 Å². The molecule has 0 spiro atoms. The summed E-state index contributed by atoms with van der Waals surface area (Å²) in [4.78, 5) is 23.1. The minimum Gasteiger partial charge on any atom is -0.462 e. The van der Waals surface area contributed by atoms with E-state index in [1.807, 2.05) is 6.92 Å². The molecule has 0 radical (unpaired) electrons. The fourth-order valence-electron chi connectivity index (χ4n) is 2.98. The number of rotatable bonds is 1. The predicted octanol–water partition coefficient (Wildman–Crippen LogP) is 2.25. The van der Waals surface area contributed by atoms with Crippen LogP contribution < -0.4 is 0 Å². The number of carbonyl (C=O) groups is 2. The van der Waals surface area contributed by atoms with Crippen LogP contribution >= 0.6 is 0 Å². The zero-order chi connectivity index (χ0) is 11.8. The van der Waals surface area contributed by atoms with E-state index in [1.54, 1.807) is 0 Å². The van der Waals surface area contributed by atoms with Gasteiger partial charge >= 0.3 is 5.97 Å². The summed E-state index contributed by atoms with van der Waals surface area (Å²) in [6.45, 7) is 3.45. The van der Waals surface area contributed by atoms with Crippen LogP contribution in [0.2, 0.25) is 0 Å². The standard InChI is InChI=1S/C13H18O3/c1-9(14)16-11-6-7-12(15)13(2)8-4-3-5-10(11)13/h3-4,10-11H,5-8H2,1-2H3/t10-,11-,13-/m1/s1. The molecule has 0 unspecified atom stereocenters.